The lowest BCUT2D eigenvalue weighted by Crippen LogP contribution is -2.50. The Kier molecular flexibility index (Phi) is 6.51. The summed E-state index contributed by atoms with van der Waals surface area (Å²) in [5, 5.41) is 11.8. The molecule has 2 aliphatic heterocycles. The zero-order valence-corrected chi connectivity index (χ0v) is 19.7. The highest BCUT2D eigenvalue weighted by Gasteiger charge is 2.35. The minimum absolute atomic E-state index is 0.0885. The van der Waals surface area contributed by atoms with Crippen LogP contribution in [0.15, 0.2) is 11.1 Å². The first kappa shape index (κ1) is 22.4. The fourth-order valence-corrected chi connectivity index (χ4v) is 5.90. The van der Waals surface area contributed by atoms with Gasteiger partial charge < -0.3 is 14.9 Å². The third kappa shape index (κ3) is 4.71. The zero-order chi connectivity index (χ0) is 22.2. The van der Waals surface area contributed by atoms with Gasteiger partial charge in [-0.2, -0.15) is 0 Å². The van der Waals surface area contributed by atoms with Crippen LogP contribution in [0, 0.1) is 13.8 Å². The molecule has 2 aromatic heterocycles. The van der Waals surface area contributed by atoms with Crippen molar-refractivity contribution in [2.75, 3.05) is 26.2 Å². The molecule has 0 spiro atoms. The fourth-order valence-electron chi connectivity index (χ4n) is 4.92. The third-order valence-corrected chi connectivity index (χ3v) is 8.34. The van der Waals surface area contributed by atoms with Crippen LogP contribution in [-0.2, 0) is 11.3 Å². The molecular weight excluding hydrogens is 412 g/mol. The number of hydrogen-bond donors (Lipinski definition) is 1. The lowest BCUT2D eigenvalue weighted by molar-refractivity contribution is -0.136. The number of carbonyl (C=O) groups excluding carboxylic acids is 1. The third-order valence-electron chi connectivity index (χ3n) is 7.22. The zero-order valence-electron chi connectivity index (χ0n) is 18.9. The number of aromatic nitrogens is 2. The summed E-state index contributed by atoms with van der Waals surface area (Å²) in [5.41, 5.74) is -0.104. The van der Waals surface area contributed by atoms with Crippen LogP contribution in [0.25, 0.3) is 10.2 Å². The van der Waals surface area contributed by atoms with Crippen LogP contribution in [-0.4, -0.2) is 68.2 Å². The number of hydrogen-bond acceptors (Lipinski definition) is 6. The average Bonchev–Trinajstić information content (AvgIpc) is 3.04. The Morgan fingerprint density at radius 3 is 2.71 bits per heavy atom. The molecule has 0 saturated carbocycles. The predicted octanol–water partition coefficient (Wildman–Crippen LogP) is 2.69. The van der Waals surface area contributed by atoms with Crippen molar-refractivity contribution in [1.82, 2.24) is 19.4 Å². The van der Waals surface area contributed by atoms with Crippen LogP contribution in [0.1, 0.15) is 55.9 Å². The first-order valence-corrected chi connectivity index (χ1v) is 12.3. The lowest BCUT2D eigenvalue weighted by atomic mass is 9.91. The molecule has 31 heavy (non-hydrogen) atoms. The van der Waals surface area contributed by atoms with E-state index in [2.05, 4.69) is 16.8 Å². The Morgan fingerprint density at radius 1 is 1.26 bits per heavy atom. The smallest absolute Gasteiger partial charge is 0.262 e. The highest BCUT2D eigenvalue weighted by Crippen LogP contribution is 2.27. The van der Waals surface area contributed by atoms with E-state index in [0.717, 1.165) is 28.4 Å². The van der Waals surface area contributed by atoms with Gasteiger partial charge in [0.25, 0.3) is 5.56 Å². The van der Waals surface area contributed by atoms with Gasteiger partial charge in [-0.1, -0.05) is 6.42 Å². The van der Waals surface area contributed by atoms with Crippen LogP contribution >= 0.6 is 11.3 Å². The molecule has 4 heterocycles. The lowest BCUT2D eigenvalue weighted by Gasteiger charge is -2.39. The molecule has 0 aromatic carbocycles. The quantitative estimate of drug-likeness (QED) is 0.764. The summed E-state index contributed by atoms with van der Waals surface area (Å²) in [5.74, 6) is 0.171. The van der Waals surface area contributed by atoms with Gasteiger partial charge in [0.1, 0.15) is 4.83 Å². The van der Waals surface area contributed by atoms with Crippen molar-refractivity contribution in [3.05, 3.63) is 27.1 Å². The van der Waals surface area contributed by atoms with Gasteiger partial charge in [-0.05, 0) is 58.6 Å². The van der Waals surface area contributed by atoms with E-state index in [-0.39, 0.29) is 18.0 Å². The monoisotopic (exact) mass is 446 g/mol. The maximum Gasteiger partial charge on any atom is 0.262 e. The second-order valence-corrected chi connectivity index (χ2v) is 10.6. The maximum atomic E-state index is 13.0. The number of thiophene rings is 1. The number of piperidine rings is 2. The van der Waals surface area contributed by atoms with Crippen molar-refractivity contribution < 1.29 is 9.90 Å². The number of nitrogens with zero attached hydrogens (tertiary/aromatic N) is 4. The van der Waals surface area contributed by atoms with Gasteiger partial charge in [0.2, 0.25) is 5.91 Å². The number of likely N-dealkylation sites (tertiary alicyclic amines) is 2. The molecule has 2 aliphatic rings. The summed E-state index contributed by atoms with van der Waals surface area (Å²) in [7, 11) is 0. The SMILES string of the molecule is Cc1sc2ncn(CC3(O)CCN(C(=O)CCN4CCCC[C@H]4C)CC3)c(=O)c2c1C. The molecule has 2 aromatic rings. The second kappa shape index (κ2) is 9.00. The Labute approximate surface area is 187 Å². The standard InChI is InChI=1S/C23H34N4O3S/c1-16-6-4-5-10-25(16)11-7-19(28)26-12-8-23(30,9-13-26)14-27-15-24-21-20(22(27)29)17(2)18(3)31-21/h15-16,30H,4-14H2,1-3H3/t16-/m1/s1. The van der Waals surface area contributed by atoms with Crippen molar-refractivity contribution in [2.24, 2.45) is 0 Å². The largest absolute Gasteiger partial charge is 0.388 e. The molecule has 0 unspecified atom stereocenters. The molecule has 8 heteroatoms. The number of fused-ring (bicyclic) bond motifs is 1. The summed E-state index contributed by atoms with van der Waals surface area (Å²) >= 11 is 1.53. The van der Waals surface area contributed by atoms with Gasteiger partial charge in [-0.3, -0.25) is 14.2 Å². The Bertz CT molecular complexity index is 1010. The number of aliphatic hydroxyl groups is 1. The molecule has 4 rings (SSSR count). The van der Waals surface area contributed by atoms with E-state index < -0.39 is 5.60 Å². The van der Waals surface area contributed by atoms with E-state index in [1.165, 1.54) is 35.2 Å². The maximum absolute atomic E-state index is 13.0. The van der Waals surface area contributed by atoms with Gasteiger partial charge in [-0.15, -0.1) is 11.3 Å². The van der Waals surface area contributed by atoms with E-state index >= 15 is 0 Å². The van der Waals surface area contributed by atoms with E-state index in [9.17, 15) is 14.7 Å². The number of carbonyl (C=O) groups is 1. The van der Waals surface area contributed by atoms with Crippen molar-refractivity contribution in [3.8, 4) is 0 Å². The molecule has 0 aliphatic carbocycles. The van der Waals surface area contributed by atoms with E-state index in [4.69, 9.17) is 0 Å². The van der Waals surface area contributed by atoms with Crippen molar-refractivity contribution in [1.29, 1.82) is 0 Å². The van der Waals surface area contributed by atoms with Crippen LogP contribution < -0.4 is 5.56 Å². The summed E-state index contributed by atoms with van der Waals surface area (Å²) < 4.78 is 1.54. The van der Waals surface area contributed by atoms with Crippen LogP contribution in [0.2, 0.25) is 0 Å². The number of rotatable bonds is 5. The first-order chi connectivity index (χ1) is 14.8. The molecule has 1 atom stereocenters. The average molecular weight is 447 g/mol. The fraction of sp³-hybridized carbons (Fsp3) is 0.696. The molecule has 2 fully saturated rings. The van der Waals surface area contributed by atoms with Crippen LogP contribution in [0.4, 0.5) is 0 Å². The van der Waals surface area contributed by atoms with Crippen molar-refractivity contribution in [3.63, 3.8) is 0 Å². The van der Waals surface area contributed by atoms with Gasteiger partial charge in [0.15, 0.2) is 0 Å². The highest BCUT2D eigenvalue weighted by atomic mass is 32.1. The molecule has 1 N–H and O–H groups in total. The predicted molar refractivity (Wildman–Crippen MR) is 124 cm³/mol. The first-order valence-electron chi connectivity index (χ1n) is 11.5. The van der Waals surface area contributed by atoms with Crippen molar-refractivity contribution >= 4 is 27.5 Å². The molecule has 0 bridgehead atoms. The Balaban J connectivity index is 1.35. The second-order valence-electron chi connectivity index (χ2n) is 9.38. The van der Waals surface area contributed by atoms with Gasteiger partial charge in [0.05, 0.1) is 23.9 Å². The minimum Gasteiger partial charge on any atom is -0.388 e. The summed E-state index contributed by atoms with van der Waals surface area (Å²) in [6.45, 7) is 9.39. The molecule has 2 saturated heterocycles. The normalized spacial score (nSPS) is 22.2. The van der Waals surface area contributed by atoms with E-state index in [0.29, 0.717) is 43.8 Å². The van der Waals surface area contributed by atoms with Crippen molar-refractivity contribution in [2.45, 2.75) is 77.5 Å². The van der Waals surface area contributed by atoms with E-state index in [1.54, 1.807) is 6.33 Å². The molecule has 7 nitrogen and oxygen atoms in total. The summed E-state index contributed by atoms with van der Waals surface area (Å²) in [4.78, 5) is 36.3. The molecule has 0 radical (unpaired) electrons. The number of amides is 1. The van der Waals surface area contributed by atoms with Crippen LogP contribution in [0.5, 0.6) is 0 Å². The van der Waals surface area contributed by atoms with Gasteiger partial charge in [0, 0.05) is 37.0 Å². The van der Waals surface area contributed by atoms with E-state index in [1.807, 2.05) is 18.7 Å². The Hall–Kier alpha value is -1.77. The van der Waals surface area contributed by atoms with Gasteiger partial charge >= 0.3 is 0 Å². The molecule has 170 valence electrons. The summed E-state index contributed by atoms with van der Waals surface area (Å²) in [6, 6.07) is 0.563. The topological polar surface area (TPSA) is 78.7 Å². The highest BCUT2D eigenvalue weighted by molar-refractivity contribution is 7.18. The summed E-state index contributed by atoms with van der Waals surface area (Å²) in [6.07, 6.45) is 6.77. The molecular formula is C23H34N4O3S. The Morgan fingerprint density at radius 2 is 2.00 bits per heavy atom. The number of aryl methyl sites for hydroxylation is 2. The molecule has 1 amide bonds. The minimum atomic E-state index is -0.990. The van der Waals surface area contributed by atoms with Crippen LogP contribution in [0.3, 0.4) is 0 Å². The van der Waals surface area contributed by atoms with Gasteiger partial charge in [-0.25, -0.2) is 4.98 Å².